The zero-order valence-corrected chi connectivity index (χ0v) is 19.0. The van der Waals surface area contributed by atoms with Gasteiger partial charge in [-0.2, -0.15) is 4.98 Å². The van der Waals surface area contributed by atoms with Gasteiger partial charge in [0.2, 0.25) is 17.6 Å². The van der Waals surface area contributed by atoms with Crippen molar-refractivity contribution in [3.63, 3.8) is 0 Å². The summed E-state index contributed by atoms with van der Waals surface area (Å²) in [6, 6.07) is 12.0. The van der Waals surface area contributed by atoms with Crippen molar-refractivity contribution in [1.82, 2.24) is 15.1 Å². The van der Waals surface area contributed by atoms with Crippen LogP contribution in [-0.2, 0) is 21.1 Å². The molecular weight excluding hydrogens is 452 g/mol. The number of ether oxygens (including phenoxy) is 1. The summed E-state index contributed by atoms with van der Waals surface area (Å²) in [6.45, 7) is 2.51. The average Bonchev–Trinajstić information content (AvgIpc) is 3.38. The van der Waals surface area contributed by atoms with Gasteiger partial charge in [-0.05, 0) is 49.4 Å². The number of aromatic nitrogens is 3. The minimum atomic E-state index is -3.31. The van der Waals surface area contributed by atoms with Crippen LogP contribution in [0.5, 0.6) is 5.75 Å². The van der Waals surface area contributed by atoms with Crippen LogP contribution in [0, 0.1) is 0 Å². The van der Waals surface area contributed by atoms with E-state index in [2.05, 4.69) is 20.4 Å². The van der Waals surface area contributed by atoms with Gasteiger partial charge in [0.15, 0.2) is 15.0 Å². The molecule has 9 nitrogen and oxygen atoms in total. The lowest BCUT2D eigenvalue weighted by atomic mass is 10.2. The highest BCUT2D eigenvalue weighted by Gasteiger charge is 2.14. The van der Waals surface area contributed by atoms with Gasteiger partial charge < -0.3 is 14.6 Å². The summed E-state index contributed by atoms with van der Waals surface area (Å²) >= 11 is 1.21. The van der Waals surface area contributed by atoms with E-state index >= 15 is 0 Å². The number of aryl methyl sites for hydroxylation is 1. The largest absolute Gasteiger partial charge is 0.494 e. The first-order valence-electron chi connectivity index (χ1n) is 9.78. The number of hydrogen-bond donors (Lipinski definition) is 1. The third kappa shape index (κ3) is 5.11. The Labute approximate surface area is 188 Å². The summed E-state index contributed by atoms with van der Waals surface area (Å²) < 4.78 is 34.8. The van der Waals surface area contributed by atoms with E-state index in [9.17, 15) is 13.2 Å². The Bertz CT molecular complexity index is 1360. The number of carbonyl (C=O) groups is 1. The molecule has 11 heteroatoms. The molecule has 0 unspecified atom stereocenters. The summed E-state index contributed by atoms with van der Waals surface area (Å²) in [6.07, 6.45) is 1.56. The molecule has 0 fully saturated rings. The number of amides is 1. The first-order chi connectivity index (χ1) is 15.3. The zero-order chi connectivity index (χ0) is 22.7. The van der Waals surface area contributed by atoms with Crippen LogP contribution >= 0.6 is 11.3 Å². The van der Waals surface area contributed by atoms with E-state index in [0.717, 1.165) is 17.6 Å². The summed E-state index contributed by atoms with van der Waals surface area (Å²) in [5.41, 5.74) is 1.41. The molecule has 0 aliphatic heterocycles. The normalized spacial score (nSPS) is 11.6. The second-order valence-corrected chi connectivity index (χ2v) is 9.98. The Hall–Kier alpha value is -3.31. The fourth-order valence-electron chi connectivity index (χ4n) is 2.93. The third-order valence-corrected chi connectivity index (χ3v) is 6.54. The van der Waals surface area contributed by atoms with Crippen molar-refractivity contribution in [2.24, 2.45) is 0 Å². The lowest BCUT2D eigenvalue weighted by Gasteiger charge is -2.02. The van der Waals surface area contributed by atoms with Crippen molar-refractivity contribution in [2.75, 3.05) is 18.2 Å². The van der Waals surface area contributed by atoms with Gasteiger partial charge in [-0.15, -0.1) is 0 Å². The molecule has 166 valence electrons. The molecule has 0 aliphatic rings. The maximum atomic E-state index is 12.3. The summed E-state index contributed by atoms with van der Waals surface area (Å²) in [4.78, 5) is 21.2. The minimum absolute atomic E-state index is 0.134. The van der Waals surface area contributed by atoms with Crippen molar-refractivity contribution >= 4 is 42.4 Å². The van der Waals surface area contributed by atoms with Crippen LogP contribution in [0.25, 0.3) is 21.6 Å². The van der Waals surface area contributed by atoms with E-state index in [-0.39, 0.29) is 23.6 Å². The molecule has 1 N–H and O–H groups in total. The van der Waals surface area contributed by atoms with E-state index in [4.69, 9.17) is 9.26 Å². The number of benzene rings is 2. The maximum absolute atomic E-state index is 12.3. The predicted molar refractivity (Wildman–Crippen MR) is 121 cm³/mol. The molecule has 0 radical (unpaired) electrons. The smallest absolute Gasteiger partial charge is 0.227 e. The quantitative estimate of drug-likeness (QED) is 0.411. The molecule has 4 aromatic rings. The van der Waals surface area contributed by atoms with Crippen LogP contribution in [0.2, 0.25) is 0 Å². The molecule has 32 heavy (non-hydrogen) atoms. The average molecular weight is 473 g/mol. The first-order valence-corrected chi connectivity index (χ1v) is 12.5. The number of thiazole rings is 1. The third-order valence-electron chi connectivity index (χ3n) is 4.49. The highest BCUT2D eigenvalue weighted by Crippen LogP contribution is 2.28. The van der Waals surface area contributed by atoms with Crippen LogP contribution < -0.4 is 10.1 Å². The highest BCUT2D eigenvalue weighted by molar-refractivity contribution is 7.90. The summed E-state index contributed by atoms with van der Waals surface area (Å²) in [7, 11) is -3.31. The molecular formula is C21H20N4O5S2. The lowest BCUT2D eigenvalue weighted by molar-refractivity contribution is -0.116. The molecule has 1 amide bonds. The van der Waals surface area contributed by atoms with Crippen LogP contribution in [0.3, 0.4) is 0 Å². The number of nitrogens with zero attached hydrogens (tertiary/aromatic N) is 3. The van der Waals surface area contributed by atoms with Gasteiger partial charge in [-0.25, -0.2) is 13.4 Å². The molecule has 2 aromatic carbocycles. The van der Waals surface area contributed by atoms with E-state index < -0.39 is 9.84 Å². The van der Waals surface area contributed by atoms with Crippen LogP contribution in [0.4, 0.5) is 5.13 Å². The number of hydrogen-bond acceptors (Lipinski definition) is 9. The number of fused-ring (bicyclic) bond motifs is 1. The Morgan fingerprint density at radius 2 is 1.94 bits per heavy atom. The first kappa shape index (κ1) is 21.9. The van der Waals surface area contributed by atoms with Crippen LogP contribution in [0.1, 0.15) is 19.2 Å². The molecule has 0 atom stereocenters. The molecule has 0 aliphatic carbocycles. The number of carbonyl (C=O) groups excluding carboxylic acids is 1. The fourth-order valence-corrected chi connectivity index (χ4v) is 4.57. The van der Waals surface area contributed by atoms with Crippen molar-refractivity contribution in [1.29, 1.82) is 0 Å². The highest BCUT2D eigenvalue weighted by atomic mass is 32.2. The van der Waals surface area contributed by atoms with Crippen LogP contribution in [0.15, 0.2) is 51.9 Å². The van der Waals surface area contributed by atoms with Crippen molar-refractivity contribution in [3.8, 4) is 17.1 Å². The fraction of sp³-hybridized carbons (Fsp3) is 0.238. The topological polar surface area (TPSA) is 124 Å². The summed E-state index contributed by atoms with van der Waals surface area (Å²) in [5, 5.41) is 7.09. The lowest BCUT2D eigenvalue weighted by Crippen LogP contribution is -2.12. The van der Waals surface area contributed by atoms with Gasteiger partial charge >= 0.3 is 0 Å². The van der Waals surface area contributed by atoms with Gasteiger partial charge in [0, 0.05) is 24.7 Å². The minimum Gasteiger partial charge on any atom is -0.494 e. The summed E-state index contributed by atoms with van der Waals surface area (Å²) in [5.74, 6) is 1.30. The van der Waals surface area contributed by atoms with E-state index in [0.29, 0.717) is 33.7 Å². The molecule has 2 aromatic heterocycles. The Balaban J connectivity index is 1.36. The SMILES string of the molecule is CCOc1ccc(-c2noc(CCC(=O)Nc3nc4ccc(S(C)(=O)=O)cc4s3)n2)cc1. The second-order valence-electron chi connectivity index (χ2n) is 6.94. The Kier molecular flexibility index (Phi) is 6.19. The molecule has 0 saturated carbocycles. The second kappa shape index (κ2) is 9.05. The van der Waals surface area contributed by atoms with Crippen molar-refractivity contribution in [2.45, 2.75) is 24.7 Å². The molecule has 2 heterocycles. The number of rotatable bonds is 8. The number of nitrogens with one attached hydrogen (secondary N) is 1. The Morgan fingerprint density at radius 1 is 1.16 bits per heavy atom. The molecule has 0 saturated heterocycles. The van der Waals surface area contributed by atoms with Crippen LogP contribution in [-0.4, -0.2) is 42.3 Å². The van der Waals surface area contributed by atoms with E-state index in [1.807, 2.05) is 31.2 Å². The predicted octanol–water partition coefficient (Wildman–Crippen LogP) is 3.72. The van der Waals surface area contributed by atoms with Gasteiger partial charge in [0.25, 0.3) is 0 Å². The van der Waals surface area contributed by atoms with Gasteiger partial charge in [0.1, 0.15) is 5.75 Å². The van der Waals surface area contributed by atoms with Gasteiger partial charge in [-0.1, -0.05) is 16.5 Å². The van der Waals surface area contributed by atoms with E-state index in [1.165, 1.54) is 17.4 Å². The van der Waals surface area contributed by atoms with Gasteiger partial charge in [-0.3, -0.25) is 4.79 Å². The standard InChI is InChI=1S/C21H20N4O5S2/c1-3-29-14-6-4-13(5-7-14)20-24-19(30-25-20)11-10-18(26)23-21-22-16-9-8-15(32(2,27)28)12-17(16)31-21/h4-9,12H,3,10-11H2,1-2H3,(H,22,23,26). The zero-order valence-electron chi connectivity index (χ0n) is 17.4. The molecule has 0 spiro atoms. The van der Waals surface area contributed by atoms with Crippen molar-refractivity contribution in [3.05, 3.63) is 48.4 Å². The maximum Gasteiger partial charge on any atom is 0.227 e. The molecule has 4 rings (SSSR count). The van der Waals surface area contributed by atoms with Gasteiger partial charge in [0.05, 0.1) is 21.7 Å². The Morgan fingerprint density at radius 3 is 2.66 bits per heavy atom. The van der Waals surface area contributed by atoms with Crippen molar-refractivity contribution < 1.29 is 22.5 Å². The monoisotopic (exact) mass is 472 g/mol. The number of anilines is 1. The van der Waals surface area contributed by atoms with E-state index in [1.54, 1.807) is 12.1 Å². The number of sulfone groups is 1. The molecule has 0 bridgehead atoms.